The van der Waals surface area contributed by atoms with Gasteiger partial charge in [0.2, 0.25) is 9.84 Å². The number of hydrogen-bond acceptors (Lipinski definition) is 2. The molecule has 0 N–H and O–H groups in total. The van der Waals surface area contributed by atoms with Gasteiger partial charge in [-0.25, -0.2) is 8.42 Å². The molecule has 3 heteroatoms. The van der Waals surface area contributed by atoms with Crippen LogP contribution in [0, 0.1) is 0 Å². The Kier molecular flexibility index (Phi) is 6.74. The Balaban J connectivity index is 5.56. The number of rotatable bonds is 5. The van der Waals surface area contributed by atoms with Gasteiger partial charge in [0.1, 0.15) is 0 Å². The van der Waals surface area contributed by atoms with Crippen LogP contribution in [0.15, 0.2) is 46.3 Å². The van der Waals surface area contributed by atoms with E-state index in [-0.39, 0.29) is 0 Å². The molecule has 2 nitrogen and oxygen atoms in total. The van der Waals surface area contributed by atoms with Crippen LogP contribution in [-0.2, 0) is 9.84 Å². The fraction of sp³-hybridized carbons (Fsp3) is 0.385. The molecule has 90 valence electrons. The highest BCUT2D eigenvalue weighted by atomic mass is 32.2. The molecule has 0 aliphatic heterocycles. The standard InChI is InChI=1S/C13H20O2S/c1-5-9-12(8-4)16(14,15)13(10-6-2)11-7-3/h5-6,8-11H,7H2,1-4H3/b9-5-,10-6-,12-8+,13-11+. The second kappa shape index (κ2) is 7.23. The molecule has 0 aromatic carbocycles. The lowest BCUT2D eigenvalue weighted by Gasteiger charge is -2.05. The van der Waals surface area contributed by atoms with Crippen LogP contribution in [0.5, 0.6) is 0 Å². The predicted octanol–water partition coefficient (Wildman–Crippen LogP) is 3.75. The van der Waals surface area contributed by atoms with Crippen LogP contribution < -0.4 is 0 Å². The van der Waals surface area contributed by atoms with E-state index in [9.17, 15) is 8.42 Å². The molecule has 0 aromatic heterocycles. The maximum absolute atomic E-state index is 12.2. The van der Waals surface area contributed by atoms with Crippen molar-refractivity contribution in [3.8, 4) is 0 Å². The van der Waals surface area contributed by atoms with Crippen molar-refractivity contribution in [2.45, 2.75) is 34.1 Å². The first-order chi connectivity index (χ1) is 7.54. The lowest BCUT2D eigenvalue weighted by molar-refractivity contribution is 0.609. The Morgan fingerprint density at radius 3 is 1.88 bits per heavy atom. The van der Waals surface area contributed by atoms with Crippen molar-refractivity contribution in [2.75, 3.05) is 0 Å². The Bertz CT molecular complexity index is 421. The van der Waals surface area contributed by atoms with Gasteiger partial charge in [-0.15, -0.1) is 0 Å². The monoisotopic (exact) mass is 240 g/mol. The molecule has 0 fully saturated rings. The van der Waals surface area contributed by atoms with Crippen molar-refractivity contribution in [3.63, 3.8) is 0 Å². The third-order valence-corrected chi connectivity index (χ3v) is 3.89. The summed E-state index contributed by atoms with van der Waals surface area (Å²) >= 11 is 0. The first kappa shape index (κ1) is 14.9. The van der Waals surface area contributed by atoms with Gasteiger partial charge in [-0.05, 0) is 39.3 Å². The summed E-state index contributed by atoms with van der Waals surface area (Å²) in [6, 6.07) is 0. The van der Waals surface area contributed by atoms with Gasteiger partial charge in [-0.3, -0.25) is 0 Å². The van der Waals surface area contributed by atoms with Gasteiger partial charge in [0.05, 0.1) is 9.81 Å². The second-order valence-electron chi connectivity index (χ2n) is 3.21. The maximum Gasteiger partial charge on any atom is 0.205 e. The summed E-state index contributed by atoms with van der Waals surface area (Å²) in [5.74, 6) is 0. The van der Waals surface area contributed by atoms with E-state index in [2.05, 4.69) is 0 Å². The van der Waals surface area contributed by atoms with Gasteiger partial charge < -0.3 is 0 Å². The van der Waals surface area contributed by atoms with Crippen molar-refractivity contribution >= 4 is 9.84 Å². The van der Waals surface area contributed by atoms with Crippen molar-refractivity contribution in [3.05, 3.63) is 46.3 Å². The van der Waals surface area contributed by atoms with E-state index in [1.54, 1.807) is 50.3 Å². The largest absolute Gasteiger partial charge is 0.219 e. The smallest absolute Gasteiger partial charge is 0.205 e. The van der Waals surface area contributed by atoms with Crippen LogP contribution in [0.1, 0.15) is 34.1 Å². The van der Waals surface area contributed by atoms with Gasteiger partial charge in [0, 0.05) is 0 Å². The predicted molar refractivity (Wildman–Crippen MR) is 70.7 cm³/mol. The number of sulfone groups is 1. The molecule has 0 heterocycles. The van der Waals surface area contributed by atoms with E-state index in [4.69, 9.17) is 0 Å². The van der Waals surface area contributed by atoms with E-state index in [1.165, 1.54) is 0 Å². The summed E-state index contributed by atoms with van der Waals surface area (Å²) in [6.45, 7) is 7.26. The van der Waals surface area contributed by atoms with Gasteiger partial charge >= 0.3 is 0 Å². The molecule has 0 aliphatic carbocycles. The van der Waals surface area contributed by atoms with Crippen LogP contribution in [0.3, 0.4) is 0 Å². The summed E-state index contributed by atoms with van der Waals surface area (Å²) < 4.78 is 24.4. The van der Waals surface area contributed by atoms with E-state index in [0.29, 0.717) is 16.2 Å². The van der Waals surface area contributed by atoms with Crippen LogP contribution in [0.2, 0.25) is 0 Å². The number of allylic oxidation sites excluding steroid dienone is 6. The van der Waals surface area contributed by atoms with Crippen LogP contribution in [0.25, 0.3) is 0 Å². The quantitative estimate of drug-likeness (QED) is 0.686. The lowest BCUT2D eigenvalue weighted by atomic mass is 10.4. The van der Waals surface area contributed by atoms with E-state index >= 15 is 0 Å². The minimum absolute atomic E-state index is 0.341. The Hall–Kier alpha value is -1.09. The molecule has 0 saturated carbocycles. The van der Waals surface area contributed by atoms with Gasteiger partial charge in [0.25, 0.3) is 0 Å². The average molecular weight is 240 g/mol. The molecule has 0 bridgehead atoms. The first-order valence-corrected chi connectivity index (χ1v) is 6.89. The molecule has 0 rings (SSSR count). The maximum atomic E-state index is 12.2. The first-order valence-electron chi connectivity index (χ1n) is 5.41. The SMILES string of the molecule is C/C=C\C(=C/C)S(=O)(=O)C(/C=C\C)=C/CC. The molecule has 0 saturated heterocycles. The Labute approximate surface area is 99.0 Å². The minimum Gasteiger partial charge on any atom is -0.219 e. The van der Waals surface area contributed by atoms with Crippen molar-refractivity contribution in [1.29, 1.82) is 0 Å². The summed E-state index contributed by atoms with van der Waals surface area (Å²) in [6.07, 6.45) is 10.7. The molecule has 0 aromatic rings. The van der Waals surface area contributed by atoms with Crippen LogP contribution in [-0.4, -0.2) is 8.42 Å². The third kappa shape index (κ3) is 3.81. The van der Waals surface area contributed by atoms with Gasteiger partial charge in [0.15, 0.2) is 0 Å². The third-order valence-electron chi connectivity index (χ3n) is 1.97. The topological polar surface area (TPSA) is 34.1 Å². The average Bonchev–Trinajstić information content (AvgIpc) is 2.25. The summed E-state index contributed by atoms with van der Waals surface area (Å²) in [5, 5.41) is 0. The zero-order valence-corrected chi connectivity index (χ0v) is 11.2. The summed E-state index contributed by atoms with van der Waals surface area (Å²) in [4.78, 5) is 0.705. The van der Waals surface area contributed by atoms with Crippen molar-refractivity contribution < 1.29 is 8.42 Å². The highest BCUT2D eigenvalue weighted by Crippen LogP contribution is 2.20. The molecule has 0 atom stereocenters. The number of hydrogen-bond donors (Lipinski definition) is 0. The van der Waals surface area contributed by atoms with Crippen LogP contribution in [0.4, 0.5) is 0 Å². The second-order valence-corrected chi connectivity index (χ2v) is 5.16. The fourth-order valence-corrected chi connectivity index (χ4v) is 2.87. The normalized spacial score (nSPS) is 15.2. The van der Waals surface area contributed by atoms with Crippen LogP contribution >= 0.6 is 0 Å². The fourth-order valence-electron chi connectivity index (χ4n) is 1.27. The molecular weight excluding hydrogens is 220 g/mol. The van der Waals surface area contributed by atoms with Crippen molar-refractivity contribution in [2.24, 2.45) is 0 Å². The molecule has 0 radical (unpaired) electrons. The molecular formula is C13H20O2S. The van der Waals surface area contributed by atoms with Gasteiger partial charge in [-0.1, -0.05) is 31.2 Å². The molecule has 0 unspecified atom stereocenters. The van der Waals surface area contributed by atoms with E-state index in [1.807, 2.05) is 13.8 Å². The molecule has 0 spiro atoms. The Morgan fingerprint density at radius 1 is 1.00 bits per heavy atom. The van der Waals surface area contributed by atoms with E-state index < -0.39 is 9.84 Å². The lowest BCUT2D eigenvalue weighted by Crippen LogP contribution is -2.04. The summed E-state index contributed by atoms with van der Waals surface area (Å²) in [7, 11) is -3.35. The zero-order valence-electron chi connectivity index (χ0n) is 10.4. The van der Waals surface area contributed by atoms with Gasteiger partial charge in [-0.2, -0.15) is 0 Å². The highest BCUT2D eigenvalue weighted by molar-refractivity contribution is 7.99. The Morgan fingerprint density at radius 2 is 1.50 bits per heavy atom. The zero-order chi connectivity index (χ0) is 12.6. The molecule has 0 amide bonds. The van der Waals surface area contributed by atoms with E-state index in [0.717, 1.165) is 0 Å². The summed E-state index contributed by atoms with van der Waals surface area (Å²) in [5.41, 5.74) is 0. The minimum atomic E-state index is -3.35. The van der Waals surface area contributed by atoms with Crippen molar-refractivity contribution in [1.82, 2.24) is 0 Å². The molecule has 0 aliphatic rings. The highest BCUT2D eigenvalue weighted by Gasteiger charge is 2.17. The molecule has 16 heavy (non-hydrogen) atoms.